The first-order valence-corrected chi connectivity index (χ1v) is 11.0. The second-order valence-electron chi connectivity index (χ2n) is 7.81. The molecule has 1 atom stereocenters. The molecule has 6 nitrogen and oxygen atoms in total. The predicted molar refractivity (Wildman–Crippen MR) is 113 cm³/mol. The Morgan fingerprint density at radius 1 is 1.18 bits per heavy atom. The molecule has 28 heavy (non-hydrogen) atoms. The summed E-state index contributed by atoms with van der Waals surface area (Å²) >= 11 is 0. The molecule has 2 aromatic rings. The van der Waals surface area contributed by atoms with Gasteiger partial charge in [-0.1, -0.05) is 12.1 Å². The third-order valence-electron chi connectivity index (χ3n) is 5.40. The number of carbonyl (C=O) groups is 1. The van der Waals surface area contributed by atoms with E-state index in [0.29, 0.717) is 5.03 Å². The highest BCUT2D eigenvalue weighted by molar-refractivity contribution is 7.85. The van der Waals surface area contributed by atoms with Crippen molar-refractivity contribution >= 4 is 22.6 Å². The number of anilines is 1. The molecule has 0 saturated carbocycles. The van der Waals surface area contributed by atoms with Crippen molar-refractivity contribution in [3.05, 3.63) is 52.2 Å². The van der Waals surface area contributed by atoms with Crippen LogP contribution in [-0.4, -0.2) is 30.0 Å². The Labute approximate surface area is 168 Å². The van der Waals surface area contributed by atoms with Crippen LogP contribution in [0.5, 0.6) is 0 Å². The van der Waals surface area contributed by atoms with E-state index in [-0.39, 0.29) is 6.03 Å². The van der Waals surface area contributed by atoms with E-state index < -0.39 is 10.9 Å². The molecule has 1 unspecified atom stereocenters. The van der Waals surface area contributed by atoms with Gasteiger partial charge in [-0.3, -0.25) is 5.14 Å². The second kappa shape index (κ2) is 8.11. The van der Waals surface area contributed by atoms with Crippen LogP contribution < -0.4 is 10.5 Å². The minimum absolute atomic E-state index is 0.376. The number of pyridine rings is 1. The van der Waals surface area contributed by atoms with Gasteiger partial charge in [-0.25, -0.2) is 9.78 Å². The van der Waals surface area contributed by atoms with Crippen molar-refractivity contribution in [3.8, 4) is 0 Å². The maximum atomic E-state index is 12.6. The van der Waals surface area contributed by atoms with Gasteiger partial charge in [0, 0.05) is 29.3 Å². The van der Waals surface area contributed by atoms with Crippen molar-refractivity contribution in [2.24, 2.45) is 9.50 Å². The van der Waals surface area contributed by atoms with Crippen molar-refractivity contribution in [2.75, 3.05) is 19.4 Å². The Balaban J connectivity index is 1.53. The fraction of sp³-hybridized carbons (Fsp3) is 0.429. The van der Waals surface area contributed by atoms with Crippen LogP contribution in [0.2, 0.25) is 0 Å². The molecule has 3 N–H and O–H groups in total. The summed E-state index contributed by atoms with van der Waals surface area (Å²) in [6.07, 6.45) is 8.38. The molecule has 1 aromatic carbocycles. The second-order valence-corrected chi connectivity index (χ2v) is 9.04. The molecule has 0 spiro atoms. The maximum Gasteiger partial charge on any atom is 0.352 e. The zero-order valence-corrected chi connectivity index (χ0v) is 17.3. The van der Waals surface area contributed by atoms with E-state index in [4.69, 9.17) is 5.14 Å². The number of hydrogen-bond acceptors (Lipinski definition) is 3. The third-order valence-corrected chi connectivity index (χ3v) is 6.43. The van der Waals surface area contributed by atoms with Crippen molar-refractivity contribution in [3.63, 3.8) is 0 Å². The number of fused-ring (bicyclic) bond motifs is 2. The number of carbonyl (C=O) groups excluding carboxylic acids is 1. The zero-order valence-electron chi connectivity index (χ0n) is 16.5. The molecular weight excluding hydrogens is 370 g/mol. The van der Waals surface area contributed by atoms with Crippen molar-refractivity contribution < 1.29 is 4.79 Å². The van der Waals surface area contributed by atoms with Crippen LogP contribution in [0.4, 0.5) is 10.5 Å². The molecular formula is C21H27N5OS. The van der Waals surface area contributed by atoms with Gasteiger partial charge in [-0.05, 0) is 86.5 Å². The van der Waals surface area contributed by atoms with Crippen molar-refractivity contribution in [1.82, 2.24) is 9.88 Å². The first-order chi connectivity index (χ1) is 13.5. The highest BCUT2D eigenvalue weighted by Gasteiger charge is 2.24. The lowest BCUT2D eigenvalue weighted by atomic mass is 9.99. The highest BCUT2D eigenvalue weighted by atomic mass is 32.2. The molecule has 148 valence electrons. The largest absolute Gasteiger partial charge is 0.352 e. The monoisotopic (exact) mass is 397 g/mol. The third kappa shape index (κ3) is 4.01. The quantitative estimate of drug-likeness (QED) is 0.828. The lowest BCUT2D eigenvalue weighted by Crippen LogP contribution is -2.15. The summed E-state index contributed by atoms with van der Waals surface area (Å²) in [6.45, 7) is 0.813. The van der Waals surface area contributed by atoms with Gasteiger partial charge >= 0.3 is 6.03 Å². The number of aryl methyl sites for hydroxylation is 2. The molecule has 0 fully saturated rings. The summed E-state index contributed by atoms with van der Waals surface area (Å²) in [5.74, 6) is 0. The van der Waals surface area contributed by atoms with Crippen LogP contribution in [0.15, 0.2) is 33.8 Å². The number of hydrogen-bond donors (Lipinski definition) is 2. The van der Waals surface area contributed by atoms with Crippen molar-refractivity contribution in [1.29, 1.82) is 0 Å². The highest BCUT2D eigenvalue weighted by Crippen LogP contribution is 2.38. The van der Waals surface area contributed by atoms with Crippen LogP contribution in [0, 0.1) is 0 Å². The molecule has 0 aliphatic heterocycles. The van der Waals surface area contributed by atoms with E-state index in [9.17, 15) is 4.79 Å². The van der Waals surface area contributed by atoms with Crippen LogP contribution in [-0.2, 0) is 43.1 Å². The zero-order chi connectivity index (χ0) is 19.7. The molecule has 0 bridgehead atoms. The molecule has 2 aliphatic carbocycles. The summed E-state index contributed by atoms with van der Waals surface area (Å²) in [7, 11) is 2.96. The number of rotatable bonds is 4. The Morgan fingerprint density at radius 2 is 1.86 bits per heavy atom. The predicted octanol–water partition coefficient (Wildman–Crippen LogP) is 3.39. The van der Waals surface area contributed by atoms with E-state index in [1.807, 2.05) is 26.2 Å². The molecule has 0 saturated heterocycles. The fourth-order valence-electron chi connectivity index (χ4n) is 4.23. The van der Waals surface area contributed by atoms with E-state index in [2.05, 4.69) is 25.6 Å². The first kappa shape index (κ1) is 19.2. The fourth-order valence-corrected chi connectivity index (χ4v) is 4.91. The van der Waals surface area contributed by atoms with E-state index in [1.165, 1.54) is 22.3 Å². The Bertz CT molecular complexity index is 905. The van der Waals surface area contributed by atoms with Gasteiger partial charge < -0.3 is 10.2 Å². The van der Waals surface area contributed by atoms with E-state index in [1.54, 1.807) is 6.20 Å². The van der Waals surface area contributed by atoms with Gasteiger partial charge in [-0.15, -0.1) is 4.36 Å². The number of benzene rings is 1. The van der Waals surface area contributed by atoms with Crippen LogP contribution in [0.1, 0.15) is 40.7 Å². The smallest absolute Gasteiger partial charge is 0.305 e. The summed E-state index contributed by atoms with van der Waals surface area (Å²) in [5.41, 5.74) is 7.48. The molecule has 1 heterocycles. The van der Waals surface area contributed by atoms with Gasteiger partial charge in [0.15, 0.2) is 0 Å². The number of nitrogens with one attached hydrogen (secondary N) is 1. The number of nitrogens with zero attached hydrogens (tertiary/aromatic N) is 3. The minimum Gasteiger partial charge on any atom is -0.305 e. The van der Waals surface area contributed by atoms with E-state index >= 15 is 0 Å². The number of amides is 2. The number of nitrogens with two attached hydrogens (primary N) is 1. The van der Waals surface area contributed by atoms with Gasteiger partial charge in [-0.2, -0.15) is 0 Å². The molecule has 0 radical (unpaired) electrons. The normalized spacial score (nSPS) is 16.3. The Morgan fingerprint density at radius 3 is 2.43 bits per heavy atom. The van der Waals surface area contributed by atoms with Crippen LogP contribution in [0.3, 0.4) is 0 Å². The minimum atomic E-state index is -1.07. The van der Waals surface area contributed by atoms with Gasteiger partial charge in [0.1, 0.15) is 5.03 Å². The molecule has 4 rings (SSSR count). The van der Waals surface area contributed by atoms with Crippen LogP contribution >= 0.6 is 0 Å². The SMILES string of the molecule is CN(C)Cc1ccc(/S(N)=N/C(=O)Nc2c3c(cc4c2CCC4)CCC3)nc1. The summed E-state index contributed by atoms with van der Waals surface area (Å²) in [5, 5.41) is 9.85. The van der Waals surface area contributed by atoms with E-state index in [0.717, 1.165) is 56.3 Å². The standard InChI is InChI=1S/C21H27N5OS/c1-26(2)13-14-9-10-19(23-12-14)28(22)25-21(27)24-20-17-7-3-5-15(17)11-16-6-4-8-18(16)20/h9-12H,3-8,13H2,1-2H3,(H3,22,24,25,27). The van der Waals surface area contributed by atoms with Gasteiger partial charge in [0.05, 0.1) is 0 Å². The average Bonchev–Trinajstić information content (AvgIpc) is 3.30. The number of urea groups is 1. The molecule has 2 aliphatic rings. The number of aromatic nitrogens is 1. The van der Waals surface area contributed by atoms with Gasteiger partial charge in [0.25, 0.3) is 0 Å². The lowest BCUT2D eigenvalue weighted by Gasteiger charge is -2.15. The van der Waals surface area contributed by atoms with Crippen molar-refractivity contribution in [2.45, 2.75) is 50.1 Å². The average molecular weight is 398 g/mol. The maximum absolute atomic E-state index is 12.6. The summed E-state index contributed by atoms with van der Waals surface area (Å²) in [4.78, 5) is 19.1. The summed E-state index contributed by atoms with van der Waals surface area (Å²) < 4.78 is 4.17. The lowest BCUT2D eigenvalue weighted by molar-refractivity contribution is 0.260. The molecule has 1 aromatic heterocycles. The Hall–Kier alpha value is -2.09. The Kier molecular flexibility index (Phi) is 5.57. The molecule has 7 heteroatoms. The first-order valence-electron chi connectivity index (χ1n) is 9.79. The van der Waals surface area contributed by atoms with Gasteiger partial charge in [0.2, 0.25) is 0 Å². The van der Waals surface area contributed by atoms with Crippen LogP contribution in [0.25, 0.3) is 0 Å². The summed E-state index contributed by atoms with van der Waals surface area (Å²) in [6, 6.07) is 5.82. The molecule has 2 amide bonds. The topological polar surface area (TPSA) is 83.6 Å².